The molecule has 0 radical (unpaired) electrons. The third-order valence-electron chi connectivity index (χ3n) is 5.05. The molecule has 5 heteroatoms. The summed E-state index contributed by atoms with van der Waals surface area (Å²) in [5.74, 6) is 1.04. The predicted octanol–water partition coefficient (Wildman–Crippen LogP) is 5.25. The summed E-state index contributed by atoms with van der Waals surface area (Å²) < 4.78 is 5.80. The van der Waals surface area contributed by atoms with E-state index in [1.807, 2.05) is 61.5 Å². The molecular weight excluding hydrogens is 374 g/mol. The van der Waals surface area contributed by atoms with E-state index in [4.69, 9.17) is 4.42 Å². The Balaban J connectivity index is 1.40. The van der Waals surface area contributed by atoms with Crippen LogP contribution in [0.1, 0.15) is 34.3 Å². The number of nitrogens with one attached hydrogen (secondary N) is 1. The van der Waals surface area contributed by atoms with Gasteiger partial charge in [-0.1, -0.05) is 55.0 Å². The van der Waals surface area contributed by atoms with Crippen LogP contribution in [-0.4, -0.2) is 22.6 Å². The van der Waals surface area contributed by atoms with Crippen molar-refractivity contribution in [3.8, 4) is 22.9 Å². The fraction of sp³-hybridized carbons (Fsp3) is 0.160. The molecule has 5 nitrogen and oxygen atoms in total. The van der Waals surface area contributed by atoms with Gasteiger partial charge in [0.25, 0.3) is 5.91 Å². The highest BCUT2D eigenvalue weighted by atomic mass is 16.4. The Bertz CT molecular complexity index is 1120. The van der Waals surface area contributed by atoms with Crippen LogP contribution in [0, 0.1) is 6.92 Å². The smallest absolute Gasteiger partial charge is 0.251 e. The Hall–Kier alpha value is -3.73. The number of hydrogen-bond donors (Lipinski definition) is 1. The second kappa shape index (κ2) is 8.74. The molecule has 0 fully saturated rings. The first-order chi connectivity index (χ1) is 14.6. The van der Waals surface area contributed by atoms with Gasteiger partial charge >= 0.3 is 0 Å². The van der Waals surface area contributed by atoms with Gasteiger partial charge in [-0.2, -0.15) is 0 Å². The highest BCUT2D eigenvalue weighted by molar-refractivity contribution is 5.94. The zero-order valence-electron chi connectivity index (χ0n) is 17.0. The number of aryl methyl sites for hydroxylation is 1. The van der Waals surface area contributed by atoms with Crippen LogP contribution >= 0.6 is 0 Å². The Morgan fingerprint density at radius 1 is 0.867 bits per heavy atom. The zero-order valence-corrected chi connectivity index (χ0v) is 17.0. The molecule has 0 aliphatic carbocycles. The Morgan fingerprint density at radius 2 is 1.43 bits per heavy atom. The van der Waals surface area contributed by atoms with Crippen LogP contribution in [0.4, 0.5) is 0 Å². The van der Waals surface area contributed by atoms with E-state index in [0.29, 0.717) is 23.9 Å². The summed E-state index contributed by atoms with van der Waals surface area (Å²) in [5, 5.41) is 11.3. The molecule has 4 rings (SSSR count). The highest BCUT2D eigenvalue weighted by Crippen LogP contribution is 2.24. The molecule has 1 heterocycles. The van der Waals surface area contributed by atoms with Crippen LogP contribution in [0.2, 0.25) is 0 Å². The summed E-state index contributed by atoms with van der Waals surface area (Å²) in [5.41, 5.74) is 4.62. The van der Waals surface area contributed by atoms with E-state index in [9.17, 15) is 4.79 Å². The number of aromatic nitrogens is 2. The predicted molar refractivity (Wildman–Crippen MR) is 117 cm³/mol. The largest absolute Gasteiger partial charge is 0.416 e. The maximum Gasteiger partial charge on any atom is 0.251 e. The third kappa shape index (κ3) is 4.46. The van der Waals surface area contributed by atoms with Crippen molar-refractivity contribution in [3.05, 3.63) is 95.6 Å². The maximum absolute atomic E-state index is 12.5. The van der Waals surface area contributed by atoms with E-state index >= 15 is 0 Å². The minimum absolute atomic E-state index is 0.102. The second-order valence-electron chi connectivity index (χ2n) is 7.38. The average molecular weight is 397 g/mol. The molecule has 1 N–H and O–H groups in total. The first-order valence-corrected chi connectivity index (χ1v) is 9.94. The lowest BCUT2D eigenvalue weighted by Crippen LogP contribution is -2.27. The highest BCUT2D eigenvalue weighted by Gasteiger charge is 2.13. The van der Waals surface area contributed by atoms with Crippen LogP contribution in [0.15, 0.2) is 83.3 Å². The molecule has 0 saturated heterocycles. The summed E-state index contributed by atoms with van der Waals surface area (Å²) in [7, 11) is 0. The molecular formula is C25H23N3O2. The van der Waals surface area contributed by atoms with E-state index in [0.717, 1.165) is 11.1 Å². The van der Waals surface area contributed by atoms with Crippen LogP contribution in [-0.2, 0) is 0 Å². The lowest BCUT2D eigenvalue weighted by molar-refractivity contribution is 0.0951. The number of amides is 1. The number of hydrogen-bond acceptors (Lipinski definition) is 4. The van der Waals surface area contributed by atoms with Crippen LogP contribution in [0.3, 0.4) is 0 Å². The molecule has 4 aromatic rings. The fourth-order valence-electron chi connectivity index (χ4n) is 3.16. The van der Waals surface area contributed by atoms with Crippen molar-refractivity contribution in [1.82, 2.24) is 15.5 Å². The summed E-state index contributed by atoms with van der Waals surface area (Å²) in [4.78, 5) is 12.5. The Kier molecular flexibility index (Phi) is 5.70. The van der Waals surface area contributed by atoms with Gasteiger partial charge in [0.1, 0.15) is 0 Å². The van der Waals surface area contributed by atoms with Crippen molar-refractivity contribution in [3.63, 3.8) is 0 Å². The third-order valence-corrected chi connectivity index (χ3v) is 5.05. The minimum Gasteiger partial charge on any atom is -0.416 e. The van der Waals surface area contributed by atoms with Crippen molar-refractivity contribution in [2.24, 2.45) is 0 Å². The molecule has 0 bridgehead atoms. The topological polar surface area (TPSA) is 68.0 Å². The molecule has 0 aliphatic rings. The van der Waals surface area contributed by atoms with Crippen molar-refractivity contribution >= 4 is 5.91 Å². The van der Waals surface area contributed by atoms with Gasteiger partial charge in [0, 0.05) is 23.2 Å². The van der Waals surface area contributed by atoms with E-state index < -0.39 is 0 Å². The van der Waals surface area contributed by atoms with Gasteiger partial charge < -0.3 is 9.73 Å². The SMILES string of the molecule is Cc1ccc(-c2nnc(-c3ccc(C(=O)NCC(C)c4ccccc4)cc3)o2)cc1. The van der Waals surface area contributed by atoms with Crippen molar-refractivity contribution in [2.75, 3.05) is 6.54 Å². The van der Waals surface area contributed by atoms with Crippen LogP contribution in [0.25, 0.3) is 22.9 Å². The van der Waals surface area contributed by atoms with Gasteiger partial charge in [-0.15, -0.1) is 10.2 Å². The second-order valence-corrected chi connectivity index (χ2v) is 7.38. The number of carbonyl (C=O) groups excluding carboxylic acids is 1. The number of rotatable bonds is 6. The van der Waals surface area contributed by atoms with Crippen molar-refractivity contribution in [1.29, 1.82) is 0 Å². The van der Waals surface area contributed by atoms with E-state index in [2.05, 4.69) is 34.6 Å². The molecule has 1 unspecified atom stereocenters. The summed E-state index contributed by atoms with van der Waals surface area (Å²) in [6.45, 7) is 4.71. The normalized spacial score (nSPS) is 11.8. The molecule has 1 aromatic heterocycles. The maximum atomic E-state index is 12.5. The van der Waals surface area contributed by atoms with E-state index in [-0.39, 0.29) is 11.8 Å². The van der Waals surface area contributed by atoms with Gasteiger partial charge in [-0.25, -0.2) is 0 Å². The number of nitrogens with zero attached hydrogens (tertiary/aromatic N) is 2. The molecule has 1 atom stereocenters. The van der Waals surface area contributed by atoms with Gasteiger partial charge in [-0.05, 0) is 54.8 Å². The lowest BCUT2D eigenvalue weighted by atomic mass is 10.0. The molecule has 0 aliphatic heterocycles. The first-order valence-electron chi connectivity index (χ1n) is 9.94. The molecule has 0 spiro atoms. The lowest BCUT2D eigenvalue weighted by Gasteiger charge is -2.13. The quantitative estimate of drug-likeness (QED) is 0.483. The summed E-state index contributed by atoms with van der Waals surface area (Å²) in [6.07, 6.45) is 0. The number of benzene rings is 3. The Labute approximate surface area is 175 Å². The minimum atomic E-state index is -0.102. The van der Waals surface area contributed by atoms with E-state index in [1.54, 1.807) is 12.1 Å². The van der Waals surface area contributed by atoms with Gasteiger partial charge in [0.15, 0.2) is 0 Å². The fourth-order valence-corrected chi connectivity index (χ4v) is 3.16. The standard InChI is InChI=1S/C25H23N3O2/c1-17-8-10-21(11-9-17)24-27-28-25(30-24)22-14-12-20(13-15-22)23(29)26-16-18(2)19-6-4-3-5-7-19/h3-15,18H,16H2,1-2H3,(H,26,29). The molecule has 3 aromatic carbocycles. The molecule has 0 saturated carbocycles. The van der Waals surface area contributed by atoms with Crippen molar-refractivity contribution < 1.29 is 9.21 Å². The van der Waals surface area contributed by atoms with Crippen molar-refractivity contribution in [2.45, 2.75) is 19.8 Å². The van der Waals surface area contributed by atoms with Gasteiger partial charge in [-0.3, -0.25) is 4.79 Å². The first kappa shape index (κ1) is 19.6. The van der Waals surface area contributed by atoms with Gasteiger partial charge in [0.05, 0.1) is 0 Å². The molecule has 1 amide bonds. The summed E-state index contributed by atoms with van der Waals surface area (Å²) >= 11 is 0. The van der Waals surface area contributed by atoms with Gasteiger partial charge in [0.2, 0.25) is 11.8 Å². The number of carbonyl (C=O) groups is 1. The monoisotopic (exact) mass is 397 g/mol. The molecule has 30 heavy (non-hydrogen) atoms. The van der Waals surface area contributed by atoms with Crippen LogP contribution < -0.4 is 5.32 Å². The summed E-state index contributed by atoms with van der Waals surface area (Å²) in [6, 6.07) is 25.3. The van der Waals surface area contributed by atoms with Crippen LogP contribution in [0.5, 0.6) is 0 Å². The molecule has 150 valence electrons. The van der Waals surface area contributed by atoms with E-state index in [1.165, 1.54) is 11.1 Å². The Morgan fingerprint density at radius 3 is 2.03 bits per heavy atom. The average Bonchev–Trinajstić information content (AvgIpc) is 3.29. The zero-order chi connectivity index (χ0) is 20.9.